The Morgan fingerprint density at radius 2 is 1.85 bits per heavy atom. The number of aromatic nitrogens is 1. The predicted octanol–water partition coefficient (Wildman–Crippen LogP) is 1.03. The van der Waals surface area contributed by atoms with Gasteiger partial charge in [0.25, 0.3) is 11.8 Å². The molecule has 3 rings (SSSR count). The minimum Gasteiger partial charge on any atom is -0.392 e. The molecule has 8 heteroatoms. The Morgan fingerprint density at radius 3 is 2.52 bits per heavy atom. The van der Waals surface area contributed by atoms with E-state index < -0.39 is 18.0 Å². The highest BCUT2D eigenvalue weighted by Gasteiger charge is 2.16. The van der Waals surface area contributed by atoms with E-state index in [1.54, 1.807) is 36.4 Å². The van der Waals surface area contributed by atoms with E-state index in [2.05, 4.69) is 10.5 Å². The molecule has 1 atom stereocenters. The summed E-state index contributed by atoms with van der Waals surface area (Å²) in [4.78, 5) is 22.9. The van der Waals surface area contributed by atoms with E-state index in [9.17, 15) is 14.7 Å². The summed E-state index contributed by atoms with van der Waals surface area (Å²) in [6, 6.07) is 15.4. The Kier molecular flexibility index (Phi) is 5.30. The van der Waals surface area contributed by atoms with Crippen LogP contribution in [-0.2, 0) is 11.4 Å². The van der Waals surface area contributed by atoms with Crippen molar-refractivity contribution in [1.82, 2.24) is 10.5 Å². The van der Waals surface area contributed by atoms with Crippen molar-refractivity contribution in [2.24, 2.45) is 5.73 Å². The fourth-order valence-corrected chi connectivity index (χ4v) is 2.42. The summed E-state index contributed by atoms with van der Waals surface area (Å²) in [6.07, 6.45) is -1.76. The highest BCUT2D eigenvalue weighted by Crippen LogP contribution is 2.26. The number of nitrogens with zero attached hydrogens (tertiary/aromatic N) is 1. The average Bonchev–Trinajstić information content (AvgIpc) is 3.18. The van der Waals surface area contributed by atoms with Gasteiger partial charge in [-0.05, 0) is 17.7 Å². The van der Waals surface area contributed by atoms with E-state index in [0.717, 1.165) is 11.1 Å². The number of carbonyl (C=O) groups is 2. The molecule has 0 saturated carbocycles. The van der Waals surface area contributed by atoms with Crippen LogP contribution in [0.25, 0.3) is 22.6 Å². The molecule has 0 radical (unpaired) electrons. The van der Waals surface area contributed by atoms with Crippen molar-refractivity contribution in [3.8, 4) is 22.6 Å². The van der Waals surface area contributed by atoms with Gasteiger partial charge in [-0.15, -0.1) is 0 Å². The van der Waals surface area contributed by atoms with Crippen molar-refractivity contribution in [2.75, 3.05) is 0 Å². The molecule has 0 fully saturated rings. The van der Waals surface area contributed by atoms with Crippen LogP contribution in [0.5, 0.6) is 0 Å². The van der Waals surface area contributed by atoms with Crippen LogP contribution in [0.3, 0.4) is 0 Å². The number of nitrogens with two attached hydrogens (primary N) is 1. The van der Waals surface area contributed by atoms with Crippen LogP contribution >= 0.6 is 0 Å². The van der Waals surface area contributed by atoms with Crippen LogP contribution in [0.15, 0.2) is 59.1 Å². The van der Waals surface area contributed by atoms with Gasteiger partial charge < -0.3 is 25.8 Å². The van der Waals surface area contributed by atoms with E-state index in [1.165, 1.54) is 6.07 Å². The zero-order valence-corrected chi connectivity index (χ0v) is 14.1. The molecule has 3 aromatic rings. The quantitative estimate of drug-likeness (QED) is 0.480. The number of rotatable bonds is 6. The van der Waals surface area contributed by atoms with Crippen molar-refractivity contribution in [1.29, 1.82) is 0 Å². The van der Waals surface area contributed by atoms with Gasteiger partial charge in [-0.1, -0.05) is 41.6 Å². The van der Waals surface area contributed by atoms with Gasteiger partial charge in [-0.2, -0.15) is 0 Å². The van der Waals surface area contributed by atoms with Crippen molar-refractivity contribution in [3.05, 3.63) is 65.7 Å². The van der Waals surface area contributed by atoms with E-state index >= 15 is 0 Å². The van der Waals surface area contributed by atoms with Gasteiger partial charge in [0.2, 0.25) is 6.23 Å². The lowest BCUT2D eigenvalue weighted by molar-refractivity contribution is -0.127. The van der Waals surface area contributed by atoms with Gasteiger partial charge >= 0.3 is 0 Å². The molecule has 0 aliphatic carbocycles. The number of primary amides is 1. The summed E-state index contributed by atoms with van der Waals surface area (Å²) in [7, 11) is 0. The first-order valence-corrected chi connectivity index (χ1v) is 8.03. The SMILES string of the molecule is NC(=O)[C@@H](O)NC(=O)c1cccc(-c2cc(-c3ccc(CO)cc3)on2)c1. The third kappa shape index (κ3) is 4.20. The lowest BCUT2D eigenvalue weighted by Crippen LogP contribution is -2.44. The molecule has 138 valence electrons. The summed E-state index contributed by atoms with van der Waals surface area (Å²) in [5.74, 6) is -1.16. The predicted molar refractivity (Wildman–Crippen MR) is 96.0 cm³/mol. The first kappa shape index (κ1) is 18.3. The highest BCUT2D eigenvalue weighted by molar-refractivity contribution is 5.97. The molecule has 0 aliphatic heterocycles. The first-order valence-electron chi connectivity index (χ1n) is 8.03. The minimum atomic E-state index is -1.76. The van der Waals surface area contributed by atoms with Crippen LogP contribution in [-0.4, -0.2) is 33.4 Å². The normalized spacial score (nSPS) is 11.8. The lowest BCUT2D eigenvalue weighted by atomic mass is 10.1. The second-order valence-electron chi connectivity index (χ2n) is 5.79. The third-order valence-electron chi connectivity index (χ3n) is 3.89. The van der Waals surface area contributed by atoms with Crippen LogP contribution in [0, 0.1) is 0 Å². The topological polar surface area (TPSA) is 139 Å². The summed E-state index contributed by atoms with van der Waals surface area (Å²) < 4.78 is 5.36. The summed E-state index contributed by atoms with van der Waals surface area (Å²) >= 11 is 0. The van der Waals surface area contributed by atoms with Crippen molar-refractivity contribution >= 4 is 11.8 Å². The summed E-state index contributed by atoms with van der Waals surface area (Å²) in [5.41, 5.74) is 7.87. The number of aliphatic hydroxyl groups is 2. The Bertz CT molecular complexity index is 965. The molecule has 2 aromatic carbocycles. The molecule has 5 N–H and O–H groups in total. The number of amides is 2. The Hall–Kier alpha value is -3.49. The largest absolute Gasteiger partial charge is 0.392 e. The van der Waals surface area contributed by atoms with Gasteiger partial charge in [0.1, 0.15) is 5.69 Å². The maximum atomic E-state index is 12.1. The van der Waals surface area contributed by atoms with Crippen molar-refractivity contribution < 1.29 is 24.3 Å². The van der Waals surface area contributed by atoms with Crippen LogP contribution in [0.1, 0.15) is 15.9 Å². The van der Waals surface area contributed by atoms with Crippen LogP contribution < -0.4 is 11.1 Å². The Morgan fingerprint density at radius 1 is 1.11 bits per heavy atom. The number of hydrogen-bond donors (Lipinski definition) is 4. The smallest absolute Gasteiger partial charge is 0.267 e. The fourth-order valence-electron chi connectivity index (χ4n) is 2.42. The lowest BCUT2D eigenvalue weighted by Gasteiger charge is -2.09. The fraction of sp³-hybridized carbons (Fsp3) is 0.105. The zero-order valence-electron chi connectivity index (χ0n) is 14.1. The average molecular weight is 367 g/mol. The van der Waals surface area contributed by atoms with Gasteiger partial charge in [-0.25, -0.2) is 0 Å². The molecule has 8 nitrogen and oxygen atoms in total. The molecule has 1 heterocycles. The Labute approximate surface area is 154 Å². The molecule has 2 amide bonds. The van der Waals surface area contributed by atoms with Crippen LogP contribution in [0.2, 0.25) is 0 Å². The van der Waals surface area contributed by atoms with E-state index in [4.69, 9.17) is 15.4 Å². The van der Waals surface area contributed by atoms with E-state index in [0.29, 0.717) is 17.0 Å². The van der Waals surface area contributed by atoms with Crippen molar-refractivity contribution in [2.45, 2.75) is 12.8 Å². The number of carbonyl (C=O) groups excluding carboxylic acids is 2. The molecule has 0 unspecified atom stereocenters. The molecule has 0 spiro atoms. The minimum absolute atomic E-state index is 0.0404. The number of nitrogens with one attached hydrogen (secondary N) is 1. The number of aliphatic hydroxyl groups excluding tert-OH is 2. The maximum absolute atomic E-state index is 12.1. The molecular formula is C19H17N3O5. The standard InChI is InChI=1S/C19H17N3O5/c20-17(24)19(26)21-18(25)14-3-1-2-13(8-14)15-9-16(27-22-15)12-6-4-11(10-23)5-7-12/h1-9,19,23,26H,10H2,(H2,20,24)(H,21,25)/t19-/m1/s1. The maximum Gasteiger partial charge on any atom is 0.267 e. The first-order chi connectivity index (χ1) is 13.0. The third-order valence-corrected chi connectivity index (χ3v) is 3.89. The molecular weight excluding hydrogens is 350 g/mol. The number of benzene rings is 2. The monoisotopic (exact) mass is 367 g/mol. The molecule has 0 bridgehead atoms. The molecule has 0 saturated heterocycles. The highest BCUT2D eigenvalue weighted by atomic mass is 16.5. The van der Waals surface area contributed by atoms with Gasteiger partial charge in [-0.3, -0.25) is 9.59 Å². The molecule has 1 aromatic heterocycles. The zero-order chi connectivity index (χ0) is 19.4. The Balaban J connectivity index is 1.82. The summed E-state index contributed by atoms with van der Waals surface area (Å²) in [5, 5.41) is 24.6. The van der Waals surface area contributed by atoms with Gasteiger partial charge in [0.15, 0.2) is 5.76 Å². The van der Waals surface area contributed by atoms with E-state index in [1.807, 2.05) is 12.1 Å². The number of hydrogen-bond acceptors (Lipinski definition) is 6. The van der Waals surface area contributed by atoms with Gasteiger partial charge in [0.05, 0.1) is 6.61 Å². The van der Waals surface area contributed by atoms with Crippen molar-refractivity contribution in [3.63, 3.8) is 0 Å². The molecule has 27 heavy (non-hydrogen) atoms. The summed E-state index contributed by atoms with van der Waals surface area (Å²) in [6.45, 7) is -0.0404. The van der Waals surface area contributed by atoms with E-state index in [-0.39, 0.29) is 12.2 Å². The second-order valence-corrected chi connectivity index (χ2v) is 5.79. The second kappa shape index (κ2) is 7.81. The van der Waals surface area contributed by atoms with Crippen LogP contribution in [0.4, 0.5) is 0 Å². The molecule has 0 aliphatic rings. The van der Waals surface area contributed by atoms with Gasteiger partial charge in [0, 0.05) is 22.8 Å².